The number of carbonyl (C=O) groups is 3. The molecule has 1 heterocycles. The van der Waals surface area contributed by atoms with Gasteiger partial charge in [0, 0.05) is 36.5 Å². The first-order valence-electron chi connectivity index (χ1n) is 12.6. The molecule has 1 aromatic heterocycles. The lowest BCUT2D eigenvalue weighted by molar-refractivity contribution is -0.128. The molecular formula is C27H36N4O4S2. The molecule has 0 spiro atoms. The molecule has 3 rings (SSSR count). The van der Waals surface area contributed by atoms with Crippen LogP contribution in [0.2, 0.25) is 0 Å². The maximum absolute atomic E-state index is 13.7. The number of thiazole rings is 1. The maximum atomic E-state index is 13.7. The van der Waals surface area contributed by atoms with Crippen LogP contribution in [0, 0.1) is 12.8 Å². The highest BCUT2D eigenvalue weighted by atomic mass is 32.2. The van der Waals surface area contributed by atoms with Crippen LogP contribution >= 0.6 is 23.1 Å². The van der Waals surface area contributed by atoms with Crippen molar-refractivity contribution in [3.05, 3.63) is 42.1 Å². The number of amides is 3. The van der Waals surface area contributed by atoms with E-state index in [1.54, 1.807) is 23.1 Å². The molecule has 200 valence electrons. The number of carbonyl (C=O) groups excluding carboxylic acids is 3. The summed E-state index contributed by atoms with van der Waals surface area (Å²) in [7, 11) is 1.56. The zero-order chi connectivity index (χ0) is 27.1. The number of rotatable bonds is 13. The van der Waals surface area contributed by atoms with Gasteiger partial charge in [0.05, 0.1) is 23.1 Å². The summed E-state index contributed by atoms with van der Waals surface area (Å²) in [6, 6.07) is 3.61. The highest BCUT2D eigenvalue weighted by Gasteiger charge is 2.30. The topological polar surface area (TPSA) is 91.8 Å². The van der Waals surface area contributed by atoms with Gasteiger partial charge in [-0.05, 0) is 63.8 Å². The van der Waals surface area contributed by atoms with Gasteiger partial charge < -0.3 is 19.9 Å². The molecule has 10 heteroatoms. The van der Waals surface area contributed by atoms with Gasteiger partial charge in [0.15, 0.2) is 5.13 Å². The Bertz CT molecular complexity index is 1150. The second-order valence-corrected chi connectivity index (χ2v) is 11.3. The number of hydrogen-bond donors (Lipinski definition) is 1. The molecule has 1 fully saturated rings. The van der Waals surface area contributed by atoms with Crippen LogP contribution < -0.4 is 10.1 Å². The third-order valence-corrected chi connectivity index (χ3v) is 8.58. The van der Waals surface area contributed by atoms with Crippen molar-refractivity contribution in [3.63, 3.8) is 0 Å². The lowest BCUT2D eigenvalue weighted by Crippen LogP contribution is -2.47. The first-order chi connectivity index (χ1) is 17.8. The van der Waals surface area contributed by atoms with E-state index in [0.29, 0.717) is 42.5 Å². The second kappa shape index (κ2) is 13.1. The molecule has 0 aliphatic heterocycles. The number of aromatic nitrogens is 1. The van der Waals surface area contributed by atoms with Crippen LogP contribution in [0.1, 0.15) is 56.0 Å². The maximum Gasteiger partial charge on any atom is 0.257 e. The van der Waals surface area contributed by atoms with Crippen LogP contribution in [0.25, 0.3) is 0 Å². The summed E-state index contributed by atoms with van der Waals surface area (Å²) >= 11 is 2.92. The summed E-state index contributed by atoms with van der Waals surface area (Å²) in [6.07, 6.45) is 5.65. The number of ether oxygens (including phenoxy) is 1. The molecule has 0 radical (unpaired) electrons. The third kappa shape index (κ3) is 7.13. The number of likely N-dealkylation sites (N-methyl/N-ethyl adjacent to an activating group) is 2. The average Bonchev–Trinajstić information content (AvgIpc) is 3.67. The Kier molecular flexibility index (Phi) is 10.2. The van der Waals surface area contributed by atoms with E-state index in [9.17, 15) is 14.4 Å². The number of nitrogens with one attached hydrogen (secondary N) is 1. The predicted molar refractivity (Wildman–Crippen MR) is 149 cm³/mol. The number of hydrogen-bond acceptors (Lipinski definition) is 7. The van der Waals surface area contributed by atoms with E-state index in [-0.39, 0.29) is 29.7 Å². The number of methoxy groups -OCH3 is 1. The molecule has 1 aromatic carbocycles. The Morgan fingerprint density at radius 1 is 1.27 bits per heavy atom. The lowest BCUT2D eigenvalue weighted by atomic mass is 10.1. The molecule has 1 saturated carbocycles. The predicted octanol–water partition coefficient (Wildman–Crippen LogP) is 5.24. The zero-order valence-corrected chi connectivity index (χ0v) is 23.8. The summed E-state index contributed by atoms with van der Waals surface area (Å²) in [6.45, 7) is 12.9. The standard InChI is InChI=1S/C27H36N4O4S2/c1-7-19(31(10-4)23(32)8-2)16-30(9-3)26(34)20-14-22(17(5)13-21(20)35-6)36-24-15-28-27(37-24)29-25(33)18-11-12-18/h8,13-15,18-19H,2,7,9-12,16H2,1,3-6H3,(H,28,29,33). The molecule has 1 aliphatic rings. The third-order valence-electron chi connectivity index (χ3n) is 6.41. The van der Waals surface area contributed by atoms with Crippen molar-refractivity contribution in [2.75, 3.05) is 32.1 Å². The minimum absolute atomic E-state index is 0.0286. The highest BCUT2D eigenvalue weighted by Crippen LogP contribution is 2.39. The van der Waals surface area contributed by atoms with E-state index in [2.05, 4.69) is 16.9 Å². The largest absolute Gasteiger partial charge is 0.496 e. The van der Waals surface area contributed by atoms with Crippen LogP contribution in [-0.2, 0) is 9.59 Å². The number of nitrogens with zero attached hydrogens (tertiary/aromatic N) is 3. The van der Waals surface area contributed by atoms with Crippen LogP contribution in [0.3, 0.4) is 0 Å². The van der Waals surface area contributed by atoms with Crippen molar-refractivity contribution in [1.82, 2.24) is 14.8 Å². The fourth-order valence-corrected chi connectivity index (χ4v) is 6.02. The molecule has 3 amide bonds. The van der Waals surface area contributed by atoms with Gasteiger partial charge in [-0.1, -0.05) is 36.6 Å². The van der Waals surface area contributed by atoms with Gasteiger partial charge in [-0.3, -0.25) is 14.4 Å². The van der Waals surface area contributed by atoms with Gasteiger partial charge in [-0.15, -0.1) is 0 Å². The van der Waals surface area contributed by atoms with Crippen LogP contribution in [0.15, 0.2) is 40.1 Å². The van der Waals surface area contributed by atoms with Gasteiger partial charge in [-0.2, -0.15) is 0 Å². The normalized spacial score (nSPS) is 13.5. The van der Waals surface area contributed by atoms with Crippen molar-refractivity contribution in [1.29, 1.82) is 0 Å². The fourth-order valence-electron chi connectivity index (χ4n) is 4.07. The summed E-state index contributed by atoms with van der Waals surface area (Å²) in [5.74, 6) is 0.367. The van der Waals surface area contributed by atoms with Crippen LogP contribution in [-0.4, -0.2) is 65.3 Å². The molecule has 0 bridgehead atoms. The highest BCUT2D eigenvalue weighted by molar-refractivity contribution is 8.01. The number of aryl methyl sites for hydroxylation is 1. The molecule has 1 atom stereocenters. The summed E-state index contributed by atoms with van der Waals surface area (Å²) in [4.78, 5) is 46.9. The van der Waals surface area contributed by atoms with Gasteiger partial charge in [0.1, 0.15) is 5.75 Å². The SMILES string of the molecule is C=CC(=O)N(CC)C(CC)CN(CC)C(=O)c1cc(Sc2cnc(NC(=O)C3CC3)s2)c(C)cc1OC. The summed E-state index contributed by atoms with van der Waals surface area (Å²) in [5.41, 5.74) is 1.44. The van der Waals surface area contributed by atoms with E-state index in [1.807, 2.05) is 39.8 Å². The minimum Gasteiger partial charge on any atom is -0.496 e. The molecule has 37 heavy (non-hydrogen) atoms. The molecular weight excluding hydrogens is 508 g/mol. The number of anilines is 1. The van der Waals surface area contributed by atoms with Crippen molar-refractivity contribution in [2.45, 2.75) is 62.1 Å². The average molecular weight is 545 g/mol. The summed E-state index contributed by atoms with van der Waals surface area (Å²) in [5, 5.41) is 3.47. The van der Waals surface area contributed by atoms with Gasteiger partial charge in [-0.25, -0.2) is 4.98 Å². The molecule has 0 saturated heterocycles. The Morgan fingerprint density at radius 3 is 2.57 bits per heavy atom. The monoisotopic (exact) mass is 544 g/mol. The van der Waals surface area contributed by atoms with E-state index in [0.717, 1.165) is 27.5 Å². The number of benzene rings is 1. The van der Waals surface area contributed by atoms with Crippen molar-refractivity contribution >= 4 is 46.0 Å². The molecule has 8 nitrogen and oxygen atoms in total. The Morgan fingerprint density at radius 2 is 2.00 bits per heavy atom. The molecule has 1 aliphatic carbocycles. The van der Waals surface area contributed by atoms with Crippen LogP contribution in [0.5, 0.6) is 5.75 Å². The molecule has 1 N–H and O–H groups in total. The van der Waals surface area contributed by atoms with Gasteiger partial charge in [0.2, 0.25) is 11.8 Å². The zero-order valence-electron chi connectivity index (χ0n) is 22.2. The quantitative estimate of drug-likeness (QED) is 0.347. The molecule has 2 aromatic rings. The van der Waals surface area contributed by atoms with E-state index in [4.69, 9.17) is 4.74 Å². The lowest BCUT2D eigenvalue weighted by Gasteiger charge is -2.34. The summed E-state index contributed by atoms with van der Waals surface area (Å²) < 4.78 is 6.50. The molecule has 1 unspecified atom stereocenters. The van der Waals surface area contributed by atoms with Crippen molar-refractivity contribution < 1.29 is 19.1 Å². The Hall–Kier alpha value is -2.85. The second-order valence-electron chi connectivity index (χ2n) is 8.90. The van der Waals surface area contributed by atoms with E-state index >= 15 is 0 Å². The first-order valence-corrected chi connectivity index (χ1v) is 14.2. The fraction of sp³-hybridized carbons (Fsp3) is 0.481. The smallest absolute Gasteiger partial charge is 0.257 e. The van der Waals surface area contributed by atoms with Crippen LogP contribution in [0.4, 0.5) is 5.13 Å². The Balaban J connectivity index is 1.82. The van der Waals surface area contributed by atoms with Gasteiger partial charge in [0.25, 0.3) is 5.91 Å². The van der Waals surface area contributed by atoms with E-state index in [1.165, 1.54) is 29.2 Å². The minimum atomic E-state index is -0.150. The van der Waals surface area contributed by atoms with E-state index < -0.39 is 0 Å². The Labute approximate surface area is 227 Å². The van der Waals surface area contributed by atoms with Gasteiger partial charge >= 0.3 is 0 Å². The van der Waals surface area contributed by atoms with Crippen molar-refractivity contribution in [3.8, 4) is 5.75 Å². The first kappa shape index (κ1) is 28.7. The van der Waals surface area contributed by atoms with Crippen molar-refractivity contribution in [2.24, 2.45) is 5.92 Å².